The van der Waals surface area contributed by atoms with Gasteiger partial charge in [-0.25, -0.2) is 4.68 Å². The summed E-state index contributed by atoms with van der Waals surface area (Å²) in [6, 6.07) is 6.69. The summed E-state index contributed by atoms with van der Waals surface area (Å²) in [7, 11) is -0.471. The zero-order chi connectivity index (χ0) is 16.0. The summed E-state index contributed by atoms with van der Waals surface area (Å²) >= 11 is 0. The minimum absolute atomic E-state index is 0.325. The van der Waals surface area contributed by atoms with E-state index in [1.54, 1.807) is 17.1 Å². The summed E-state index contributed by atoms with van der Waals surface area (Å²) in [6.45, 7) is 7.97. The van der Waals surface area contributed by atoms with Gasteiger partial charge < -0.3 is 14.4 Å². The van der Waals surface area contributed by atoms with E-state index in [0.29, 0.717) is 38.2 Å². The fraction of sp³-hybridized carbons (Fsp3) is 0.429. The maximum absolute atomic E-state index is 8.87. The molecule has 22 heavy (non-hydrogen) atoms. The van der Waals surface area contributed by atoms with E-state index in [2.05, 4.69) is 29.7 Å². The third kappa shape index (κ3) is 4.69. The molecule has 6 nitrogen and oxygen atoms in total. The van der Waals surface area contributed by atoms with Gasteiger partial charge in [-0.3, -0.25) is 4.98 Å². The van der Waals surface area contributed by atoms with E-state index in [9.17, 15) is 0 Å². The molecule has 0 unspecified atom stereocenters. The number of aromatic nitrogens is 3. The largest absolute Gasteiger partial charge is 0.569 e. The summed E-state index contributed by atoms with van der Waals surface area (Å²) in [6.07, 6.45) is 3.24. The highest BCUT2D eigenvalue weighted by molar-refractivity contribution is 6.76. The first-order chi connectivity index (χ1) is 10.5. The second-order valence-corrected chi connectivity index (χ2v) is 11.8. The monoisotopic (exact) mass is 318 g/mol. The molecule has 0 atom stereocenters. The smallest absolute Gasteiger partial charge is 0.535 e. The second kappa shape index (κ2) is 7.57. The first-order valence-electron chi connectivity index (χ1n) is 7.19. The standard InChI is InChI=1S/C14H21BN3O3Si/c1-22(2,3)9-8-20-11-18-14(12-6-4-5-7-16-12)13(10-17-18)21-15-19/h4-7,10,19H,8-9,11H2,1-3H3. The third-order valence-electron chi connectivity index (χ3n) is 3.10. The van der Waals surface area contributed by atoms with Crippen molar-refractivity contribution in [3.63, 3.8) is 0 Å². The van der Waals surface area contributed by atoms with Gasteiger partial charge in [0.05, 0.1) is 11.9 Å². The average molecular weight is 318 g/mol. The van der Waals surface area contributed by atoms with Crippen molar-refractivity contribution in [2.45, 2.75) is 32.4 Å². The van der Waals surface area contributed by atoms with Crippen LogP contribution in [0.25, 0.3) is 11.4 Å². The van der Waals surface area contributed by atoms with E-state index in [-0.39, 0.29) is 0 Å². The van der Waals surface area contributed by atoms with Gasteiger partial charge in [0.25, 0.3) is 0 Å². The Labute approximate surface area is 132 Å². The third-order valence-corrected chi connectivity index (χ3v) is 4.81. The van der Waals surface area contributed by atoms with Crippen LogP contribution in [-0.4, -0.2) is 42.2 Å². The number of hydrogen-bond acceptors (Lipinski definition) is 5. The van der Waals surface area contributed by atoms with Gasteiger partial charge in [0.2, 0.25) is 0 Å². The maximum Gasteiger partial charge on any atom is 0.569 e. The van der Waals surface area contributed by atoms with Crippen molar-refractivity contribution in [1.29, 1.82) is 0 Å². The van der Waals surface area contributed by atoms with Crippen LogP contribution in [0.5, 0.6) is 5.75 Å². The second-order valence-electron chi connectivity index (χ2n) is 6.14. The molecule has 8 heteroatoms. The molecule has 0 aromatic carbocycles. The lowest BCUT2D eigenvalue weighted by Gasteiger charge is -2.16. The molecule has 117 valence electrons. The molecule has 2 heterocycles. The molecule has 0 amide bonds. The van der Waals surface area contributed by atoms with Crippen LogP contribution in [0.15, 0.2) is 30.6 Å². The van der Waals surface area contributed by atoms with Gasteiger partial charge in [-0.2, -0.15) is 5.10 Å². The van der Waals surface area contributed by atoms with Crippen LogP contribution < -0.4 is 4.65 Å². The minimum atomic E-state index is -1.11. The number of pyridine rings is 1. The number of nitrogens with zero attached hydrogens (tertiary/aromatic N) is 3. The highest BCUT2D eigenvalue weighted by Crippen LogP contribution is 2.28. The summed E-state index contributed by atoms with van der Waals surface area (Å²) in [5, 5.41) is 13.1. The van der Waals surface area contributed by atoms with E-state index in [1.807, 2.05) is 18.2 Å². The highest BCUT2D eigenvalue weighted by atomic mass is 28.3. The van der Waals surface area contributed by atoms with Crippen molar-refractivity contribution in [2.75, 3.05) is 6.61 Å². The summed E-state index contributed by atoms with van der Waals surface area (Å²) < 4.78 is 12.5. The Morgan fingerprint density at radius 1 is 1.32 bits per heavy atom. The van der Waals surface area contributed by atoms with Crippen molar-refractivity contribution in [2.24, 2.45) is 0 Å². The average Bonchev–Trinajstić information content (AvgIpc) is 2.87. The van der Waals surface area contributed by atoms with Gasteiger partial charge >= 0.3 is 7.69 Å². The van der Waals surface area contributed by atoms with E-state index >= 15 is 0 Å². The summed E-state index contributed by atoms with van der Waals surface area (Å²) in [4.78, 5) is 4.31. The zero-order valence-corrected chi connectivity index (χ0v) is 14.2. The first kappa shape index (κ1) is 16.7. The Kier molecular flexibility index (Phi) is 5.76. The number of rotatable bonds is 8. The topological polar surface area (TPSA) is 69.4 Å². The van der Waals surface area contributed by atoms with E-state index in [1.165, 1.54) is 0 Å². The van der Waals surface area contributed by atoms with Crippen LogP contribution in [0.4, 0.5) is 0 Å². The van der Waals surface area contributed by atoms with Crippen molar-refractivity contribution >= 4 is 15.8 Å². The van der Waals surface area contributed by atoms with Crippen molar-refractivity contribution in [3.05, 3.63) is 30.6 Å². The Morgan fingerprint density at radius 3 is 2.77 bits per heavy atom. The SMILES string of the molecule is C[Si](C)(C)CCOCn1ncc(O[B]O)c1-c1ccccn1. The molecule has 0 bridgehead atoms. The van der Waals surface area contributed by atoms with Gasteiger partial charge in [0.15, 0.2) is 0 Å². The van der Waals surface area contributed by atoms with Crippen LogP contribution in [0.1, 0.15) is 0 Å². The zero-order valence-electron chi connectivity index (χ0n) is 13.2. The molecule has 1 N–H and O–H groups in total. The molecule has 0 aliphatic rings. The fourth-order valence-corrected chi connectivity index (χ4v) is 2.66. The lowest BCUT2D eigenvalue weighted by Crippen LogP contribution is -2.22. The lowest BCUT2D eigenvalue weighted by molar-refractivity contribution is 0.0796. The number of ether oxygens (including phenoxy) is 1. The Balaban J connectivity index is 2.11. The van der Waals surface area contributed by atoms with Crippen LogP contribution >= 0.6 is 0 Å². The minimum Gasteiger partial charge on any atom is -0.535 e. The van der Waals surface area contributed by atoms with Crippen molar-refractivity contribution in [3.8, 4) is 17.1 Å². The Morgan fingerprint density at radius 2 is 2.14 bits per heavy atom. The van der Waals surface area contributed by atoms with Crippen LogP contribution in [-0.2, 0) is 11.5 Å². The normalized spacial score (nSPS) is 11.5. The van der Waals surface area contributed by atoms with Gasteiger partial charge in [-0.1, -0.05) is 25.7 Å². The number of hydrogen-bond donors (Lipinski definition) is 1. The maximum atomic E-state index is 8.87. The predicted octanol–water partition coefficient (Wildman–Crippen LogP) is 2.16. The van der Waals surface area contributed by atoms with Crippen molar-refractivity contribution in [1.82, 2.24) is 14.8 Å². The highest BCUT2D eigenvalue weighted by Gasteiger charge is 2.16. The lowest BCUT2D eigenvalue weighted by atomic mass is 10.2. The van der Waals surface area contributed by atoms with Gasteiger partial charge in [0, 0.05) is 20.9 Å². The molecule has 1 radical (unpaired) electrons. The van der Waals surface area contributed by atoms with E-state index in [4.69, 9.17) is 14.4 Å². The van der Waals surface area contributed by atoms with Gasteiger partial charge in [-0.15, -0.1) is 0 Å². The molecule has 0 spiro atoms. The molecule has 0 aliphatic heterocycles. The van der Waals surface area contributed by atoms with Crippen LogP contribution in [0, 0.1) is 0 Å². The molecular weight excluding hydrogens is 297 g/mol. The molecule has 0 fully saturated rings. The van der Waals surface area contributed by atoms with Gasteiger partial charge in [0.1, 0.15) is 18.2 Å². The Hall–Kier alpha value is -1.64. The van der Waals surface area contributed by atoms with E-state index in [0.717, 1.165) is 6.04 Å². The molecule has 0 saturated carbocycles. The molecule has 0 saturated heterocycles. The van der Waals surface area contributed by atoms with E-state index < -0.39 is 8.07 Å². The summed E-state index contributed by atoms with van der Waals surface area (Å²) in [5.74, 6) is 0.440. The Bertz CT molecular complexity index is 587. The van der Waals surface area contributed by atoms with Crippen molar-refractivity contribution < 1.29 is 14.4 Å². The molecule has 2 aromatic rings. The molecule has 2 aromatic heterocycles. The molecule has 0 aliphatic carbocycles. The summed E-state index contributed by atoms with van der Waals surface area (Å²) in [5.41, 5.74) is 1.39. The quantitative estimate of drug-likeness (QED) is 0.597. The van der Waals surface area contributed by atoms with Crippen LogP contribution in [0.2, 0.25) is 25.7 Å². The molecule has 2 rings (SSSR count). The predicted molar refractivity (Wildman–Crippen MR) is 88.2 cm³/mol. The fourth-order valence-electron chi connectivity index (χ4n) is 1.90. The van der Waals surface area contributed by atoms with Crippen LogP contribution in [0.3, 0.4) is 0 Å². The first-order valence-corrected chi connectivity index (χ1v) is 10.9. The molecular formula is C14H21BN3O3Si. The van der Waals surface area contributed by atoms with Gasteiger partial charge in [-0.05, 0) is 18.2 Å².